The SMILES string of the molecule is c1ccc(-c2cc(-c3ccccc3)c(-c3ccc(-c4cccc(-c5nc(-c6ccccc6)nc(-c6ccccc6)n5)c4)cc3)c(-c3ccccc3)c2)cc1. The maximum absolute atomic E-state index is 4.97. The van der Waals surface area contributed by atoms with Crippen LogP contribution in [0.4, 0.5) is 0 Å². The van der Waals surface area contributed by atoms with Crippen LogP contribution in [0.5, 0.6) is 0 Å². The summed E-state index contributed by atoms with van der Waals surface area (Å²) in [6, 6.07) is 74.4. The minimum atomic E-state index is 0.639. The second kappa shape index (κ2) is 14.8. The Bertz CT molecular complexity index is 2540. The molecular weight excluding hydrogens is 655 g/mol. The molecular formula is C51H35N3. The molecule has 9 aromatic rings. The van der Waals surface area contributed by atoms with Crippen molar-refractivity contribution in [1.82, 2.24) is 15.0 Å². The summed E-state index contributed by atoms with van der Waals surface area (Å²) in [5, 5.41) is 0. The van der Waals surface area contributed by atoms with Crippen LogP contribution in [-0.4, -0.2) is 15.0 Å². The first-order chi connectivity index (χ1) is 26.8. The van der Waals surface area contributed by atoms with Crippen LogP contribution in [0.3, 0.4) is 0 Å². The first-order valence-corrected chi connectivity index (χ1v) is 18.2. The summed E-state index contributed by atoms with van der Waals surface area (Å²) in [6.07, 6.45) is 0. The molecule has 8 aromatic carbocycles. The van der Waals surface area contributed by atoms with E-state index in [1.807, 2.05) is 60.7 Å². The first-order valence-electron chi connectivity index (χ1n) is 18.2. The highest BCUT2D eigenvalue weighted by Gasteiger charge is 2.18. The highest BCUT2D eigenvalue weighted by Crippen LogP contribution is 2.44. The van der Waals surface area contributed by atoms with Crippen LogP contribution < -0.4 is 0 Å². The van der Waals surface area contributed by atoms with Crippen molar-refractivity contribution in [3.05, 3.63) is 212 Å². The smallest absolute Gasteiger partial charge is 0.164 e. The average molecular weight is 690 g/mol. The van der Waals surface area contributed by atoms with Gasteiger partial charge in [0.25, 0.3) is 0 Å². The zero-order chi connectivity index (χ0) is 36.1. The molecule has 0 N–H and O–H groups in total. The van der Waals surface area contributed by atoms with Crippen molar-refractivity contribution in [3.8, 4) is 89.8 Å². The van der Waals surface area contributed by atoms with E-state index in [0.29, 0.717) is 17.5 Å². The summed E-state index contributed by atoms with van der Waals surface area (Å²) >= 11 is 0. The van der Waals surface area contributed by atoms with Crippen molar-refractivity contribution in [2.45, 2.75) is 0 Å². The predicted molar refractivity (Wildman–Crippen MR) is 223 cm³/mol. The summed E-state index contributed by atoms with van der Waals surface area (Å²) in [5.74, 6) is 1.94. The Morgan fingerprint density at radius 2 is 0.537 bits per heavy atom. The van der Waals surface area contributed by atoms with E-state index in [9.17, 15) is 0 Å². The Balaban J connectivity index is 1.15. The lowest BCUT2D eigenvalue weighted by Crippen LogP contribution is -2.00. The van der Waals surface area contributed by atoms with Gasteiger partial charge in [-0.2, -0.15) is 0 Å². The molecule has 0 aliphatic heterocycles. The second-order valence-electron chi connectivity index (χ2n) is 13.2. The van der Waals surface area contributed by atoms with E-state index in [-0.39, 0.29) is 0 Å². The molecule has 0 saturated carbocycles. The van der Waals surface area contributed by atoms with Crippen LogP contribution in [-0.2, 0) is 0 Å². The van der Waals surface area contributed by atoms with Crippen molar-refractivity contribution in [2.24, 2.45) is 0 Å². The highest BCUT2D eigenvalue weighted by molar-refractivity contribution is 5.98. The van der Waals surface area contributed by atoms with E-state index in [2.05, 4.69) is 152 Å². The number of nitrogens with zero attached hydrogens (tertiary/aromatic N) is 3. The summed E-state index contributed by atoms with van der Waals surface area (Å²) in [4.78, 5) is 14.8. The monoisotopic (exact) mass is 689 g/mol. The molecule has 0 fully saturated rings. The molecule has 3 heteroatoms. The first kappa shape index (κ1) is 32.7. The topological polar surface area (TPSA) is 38.7 Å². The zero-order valence-corrected chi connectivity index (χ0v) is 29.5. The van der Waals surface area contributed by atoms with Crippen LogP contribution in [0.25, 0.3) is 89.8 Å². The highest BCUT2D eigenvalue weighted by atomic mass is 15.0. The van der Waals surface area contributed by atoms with E-state index in [1.165, 1.54) is 38.9 Å². The van der Waals surface area contributed by atoms with Crippen LogP contribution in [0.2, 0.25) is 0 Å². The lowest BCUT2D eigenvalue weighted by molar-refractivity contribution is 1.07. The Morgan fingerprint density at radius 3 is 1.00 bits per heavy atom. The van der Waals surface area contributed by atoms with Gasteiger partial charge in [0.1, 0.15) is 0 Å². The minimum absolute atomic E-state index is 0.639. The lowest BCUT2D eigenvalue weighted by Gasteiger charge is -2.19. The van der Waals surface area contributed by atoms with Gasteiger partial charge in [-0.1, -0.05) is 194 Å². The normalized spacial score (nSPS) is 11.0. The van der Waals surface area contributed by atoms with Gasteiger partial charge in [-0.15, -0.1) is 0 Å². The van der Waals surface area contributed by atoms with Crippen molar-refractivity contribution in [2.75, 3.05) is 0 Å². The van der Waals surface area contributed by atoms with E-state index in [4.69, 9.17) is 15.0 Å². The molecule has 0 saturated heterocycles. The lowest BCUT2D eigenvalue weighted by atomic mass is 9.84. The molecule has 54 heavy (non-hydrogen) atoms. The fourth-order valence-electron chi connectivity index (χ4n) is 7.05. The van der Waals surface area contributed by atoms with Crippen LogP contribution in [0.15, 0.2) is 212 Å². The van der Waals surface area contributed by atoms with Gasteiger partial charge in [0.2, 0.25) is 0 Å². The number of hydrogen-bond acceptors (Lipinski definition) is 3. The molecule has 0 aliphatic rings. The molecule has 254 valence electrons. The molecule has 1 heterocycles. The summed E-state index contributed by atoms with van der Waals surface area (Å²) in [7, 11) is 0. The summed E-state index contributed by atoms with van der Waals surface area (Å²) in [5.41, 5.74) is 14.5. The number of rotatable bonds is 8. The van der Waals surface area contributed by atoms with Gasteiger partial charge in [0, 0.05) is 16.7 Å². The van der Waals surface area contributed by atoms with Gasteiger partial charge < -0.3 is 0 Å². The molecule has 0 unspecified atom stereocenters. The quantitative estimate of drug-likeness (QED) is 0.159. The van der Waals surface area contributed by atoms with Crippen LogP contribution in [0, 0.1) is 0 Å². The maximum Gasteiger partial charge on any atom is 0.164 e. The number of benzene rings is 8. The zero-order valence-electron chi connectivity index (χ0n) is 29.5. The Hall–Kier alpha value is -7.23. The second-order valence-corrected chi connectivity index (χ2v) is 13.2. The third kappa shape index (κ3) is 6.74. The van der Waals surface area contributed by atoms with Crippen molar-refractivity contribution in [1.29, 1.82) is 0 Å². The molecule has 0 bridgehead atoms. The van der Waals surface area contributed by atoms with Gasteiger partial charge in [-0.25, -0.2) is 15.0 Å². The number of aromatic nitrogens is 3. The van der Waals surface area contributed by atoms with Crippen molar-refractivity contribution < 1.29 is 0 Å². The Labute approximate surface area is 316 Å². The fourth-order valence-corrected chi connectivity index (χ4v) is 7.05. The Kier molecular flexibility index (Phi) is 8.94. The molecule has 0 spiro atoms. The molecule has 0 atom stereocenters. The van der Waals surface area contributed by atoms with Crippen LogP contribution in [0.1, 0.15) is 0 Å². The third-order valence-corrected chi connectivity index (χ3v) is 9.74. The van der Waals surface area contributed by atoms with E-state index in [1.54, 1.807) is 0 Å². The van der Waals surface area contributed by atoms with Gasteiger partial charge in [0.15, 0.2) is 17.5 Å². The van der Waals surface area contributed by atoms with Crippen LogP contribution >= 0.6 is 0 Å². The standard InChI is InChI=1S/C51H35N3/c1-6-17-36(18-7-1)45-34-46(38-19-8-2-9-20-38)48(47(35-45)39-21-10-3-11-22-39)40-31-29-37(30-32-40)43-27-16-28-44(33-43)51-53-49(41-23-12-4-13-24-41)52-50(54-51)42-25-14-5-15-26-42/h1-35H. The van der Waals surface area contributed by atoms with E-state index < -0.39 is 0 Å². The molecule has 1 aromatic heterocycles. The fraction of sp³-hybridized carbons (Fsp3) is 0. The predicted octanol–water partition coefficient (Wildman–Crippen LogP) is 13.2. The van der Waals surface area contributed by atoms with Gasteiger partial charge in [0.05, 0.1) is 0 Å². The molecule has 0 amide bonds. The molecule has 0 aliphatic carbocycles. The maximum atomic E-state index is 4.97. The Morgan fingerprint density at radius 1 is 0.204 bits per heavy atom. The van der Waals surface area contributed by atoms with Crippen molar-refractivity contribution >= 4 is 0 Å². The molecule has 9 rings (SSSR count). The van der Waals surface area contributed by atoms with E-state index in [0.717, 1.165) is 33.4 Å². The van der Waals surface area contributed by atoms with Gasteiger partial charge >= 0.3 is 0 Å². The minimum Gasteiger partial charge on any atom is -0.208 e. The van der Waals surface area contributed by atoms with E-state index >= 15 is 0 Å². The average Bonchev–Trinajstić information content (AvgIpc) is 3.27. The van der Waals surface area contributed by atoms with Crippen molar-refractivity contribution in [3.63, 3.8) is 0 Å². The van der Waals surface area contributed by atoms with Gasteiger partial charge in [-0.05, 0) is 73.8 Å². The summed E-state index contributed by atoms with van der Waals surface area (Å²) < 4.78 is 0. The molecule has 0 radical (unpaired) electrons. The third-order valence-electron chi connectivity index (χ3n) is 9.74. The number of hydrogen-bond donors (Lipinski definition) is 0. The van der Waals surface area contributed by atoms with Gasteiger partial charge in [-0.3, -0.25) is 0 Å². The summed E-state index contributed by atoms with van der Waals surface area (Å²) in [6.45, 7) is 0. The largest absolute Gasteiger partial charge is 0.208 e. The molecule has 3 nitrogen and oxygen atoms in total.